The van der Waals surface area contributed by atoms with Gasteiger partial charge in [-0.15, -0.1) is 11.8 Å². The molecule has 1 aromatic rings. The van der Waals surface area contributed by atoms with Gasteiger partial charge in [-0.1, -0.05) is 19.9 Å². The molecule has 0 aliphatic heterocycles. The van der Waals surface area contributed by atoms with Gasteiger partial charge in [0.25, 0.3) is 0 Å². The lowest BCUT2D eigenvalue weighted by Crippen LogP contribution is -2.05. The van der Waals surface area contributed by atoms with Crippen molar-refractivity contribution in [2.75, 3.05) is 5.75 Å². The first-order chi connectivity index (χ1) is 7.50. The monoisotopic (exact) mass is 241 g/mol. The number of hydrogen-bond donors (Lipinski definition) is 1. The summed E-state index contributed by atoms with van der Waals surface area (Å²) in [5.74, 6) is 1.48. The van der Waals surface area contributed by atoms with Crippen molar-refractivity contribution in [3.63, 3.8) is 0 Å². The molecule has 0 aliphatic carbocycles. The third kappa shape index (κ3) is 4.14. The highest BCUT2D eigenvalue weighted by molar-refractivity contribution is 7.99. The van der Waals surface area contributed by atoms with Crippen molar-refractivity contribution >= 4 is 11.8 Å². The second kappa shape index (κ2) is 6.26. The lowest BCUT2D eigenvalue weighted by Gasteiger charge is -2.09. The zero-order valence-electron chi connectivity index (χ0n) is 10.2. The fraction of sp³-hybridized carbons (Fsp3) is 0.538. The van der Waals surface area contributed by atoms with Crippen LogP contribution < -0.4 is 5.73 Å². The molecule has 0 aromatic heterocycles. The van der Waals surface area contributed by atoms with E-state index in [9.17, 15) is 4.39 Å². The van der Waals surface area contributed by atoms with E-state index in [1.54, 1.807) is 17.8 Å². The van der Waals surface area contributed by atoms with Gasteiger partial charge >= 0.3 is 0 Å². The molecule has 3 heteroatoms. The van der Waals surface area contributed by atoms with Crippen molar-refractivity contribution in [3.05, 3.63) is 29.6 Å². The van der Waals surface area contributed by atoms with E-state index in [-0.39, 0.29) is 11.9 Å². The minimum absolute atomic E-state index is 0.107. The van der Waals surface area contributed by atoms with Crippen LogP contribution in [0.25, 0.3) is 0 Å². The predicted octanol–water partition coefficient (Wildman–Crippen LogP) is 3.98. The summed E-state index contributed by atoms with van der Waals surface area (Å²) in [6, 6.07) is 5.18. The topological polar surface area (TPSA) is 26.0 Å². The number of hydrogen-bond acceptors (Lipinski definition) is 2. The van der Waals surface area contributed by atoms with Gasteiger partial charge in [0.15, 0.2) is 0 Å². The van der Waals surface area contributed by atoms with E-state index in [0.717, 1.165) is 22.6 Å². The number of benzene rings is 1. The summed E-state index contributed by atoms with van der Waals surface area (Å²) in [6.45, 7) is 6.21. The smallest absolute Gasteiger partial charge is 0.137 e. The van der Waals surface area contributed by atoms with Gasteiger partial charge in [0.2, 0.25) is 0 Å². The summed E-state index contributed by atoms with van der Waals surface area (Å²) in [7, 11) is 0. The number of rotatable bonds is 5. The Kier molecular flexibility index (Phi) is 5.29. The van der Waals surface area contributed by atoms with Crippen LogP contribution in [0.2, 0.25) is 0 Å². The van der Waals surface area contributed by atoms with Gasteiger partial charge in [0.1, 0.15) is 5.82 Å². The summed E-state index contributed by atoms with van der Waals surface area (Å²) in [5.41, 5.74) is 6.55. The van der Waals surface area contributed by atoms with Gasteiger partial charge in [-0.3, -0.25) is 0 Å². The molecule has 0 amide bonds. The molecule has 0 saturated carbocycles. The summed E-state index contributed by atoms with van der Waals surface area (Å²) in [4.78, 5) is 0.727. The first kappa shape index (κ1) is 13.5. The van der Waals surface area contributed by atoms with Crippen LogP contribution in [-0.4, -0.2) is 5.75 Å². The molecule has 0 aliphatic rings. The fourth-order valence-corrected chi connectivity index (χ4v) is 2.49. The van der Waals surface area contributed by atoms with E-state index in [1.165, 1.54) is 0 Å². The Labute approximate surface area is 102 Å². The quantitative estimate of drug-likeness (QED) is 0.789. The molecule has 0 bridgehead atoms. The average molecular weight is 241 g/mol. The van der Waals surface area contributed by atoms with Crippen LogP contribution in [0.1, 0.15) is 38.8 Å². The number of halogens is 1. The van der Waals surface area contributed by atoms with E-state index in [0.29, 0.717) is 5.92 Å². The minimum atomic E-state index is -0.149. The summed E-state index contributed by atoms with van der Waals surface area (Å²) in [6.07, 6.45) is 1.11. The molecule has 0 fully saturated rings. The molecule has 1 aromatic carbocycles. The van der Waals surface area contributed by atoms with Gasteiger partial charge in [-0.25, -0.2) is 4.39 Å². The third-order valence-electron chi connectivity index (χ3n) is 2.43. The van der Waals surface area contributed by atoms with Crippen molar-refractivity contribution in [3.8, 4) is 0 Å². The van der Waals surface area contributed by atoms with Crippen molar-refractivity contribution in [2.24, 2.45) is 11.7 Å². The van der Waals surface area contributed by atoms with Gasteiger partial charge in [0.05, 0.1) is 0 Å². The summed E-state index contributed by atoms with van der Waals surface area (Å²) in [5, 5.41) is 0. The Hall–Kier alpha value is -0.540. The first-order valence-electron chi connectivity index (χ1n) is 5.68. The molecule has 16 heavy (non-hydrogen) atoms. The Morgan fingerprint density at radius 2 is 2.00 bits per heavy atom. The van der Waals surface area contributed by atoms with E-state index in [4.69, 9.17) is 5.73 Å². The zero-order chi connectivity index (χ0) is 12.1. The Morgan fingerprint density at radius 1 is 1.31 bits per heavy atom. The maximum absolute atomic E-state index is 13.7. The largest absolute Gasteiger partial charge is 0.324 e. The number of nitrogens with two attached hydrogens (primary N) is 1. The molecule has 0 saturated heterocycles. The van der Waals surface area contributed by atoms with Crippen LogP contribution in [0.4, 0.5) is 4.39 Å². The minimum Gasteiger partial charge on any atom is -0.324 e. The van der Waals surface area contributed by atoms with Crippen LogP contribution in [-0.2, 0) is 0 Å². The van der Waals surface area contributed by atoms with Crippen LogP contribution in [0.5, 0.6) is 0 Å². The first-order valence-corrected chi connectivity index (χ1v) is 6.67. The van der Waals surface area contributed by atoms with Crippen molar-refractivity contribution in [1.82, 2.24) is 0 Å². The summed E-state index contributed by atoms with van der Waals surface area (Å²) < 4.78 is 13.7. The number of thioether (sulfide) groups is 1. The average Bonchev–Trinajstić information content (AvgIpc) is 2.19. The molecule has 1 nitrogen and oxygen atoms in total. The third-order valence-corrected chi connectivity index (χ3v) is 3.52. The highest BCUT2D eigenvalue weighted by Gasteiger charge is 2.06. The van der Waals surface area contributed by atoms with Gasteiger partial charge in [-0.2, -0.15) is 0 Å². The highest BCUT2D eigenvalue weighted by atomic mass is 32.2. The van der Waals surface area contributed by atoms with Crippen molar-refractivity contribution < 1.29 is 4.39 Å². The molecule has 0 radical (unpaired) electrons. The van der Waals surface area contributed by atoms with Crippen molar-refractivity contribution in [1.29, 1.82) is 0 Å². The molecule has 0 heterocycles. The SMILES string of the molecule is CC(C)CCSc1ccc(C(C)N)cc1F. The van der Waals surface area contributed by atoms with Gasteiger partial charge in [-0.05, 0) is 42.7 Å². The molecule has 1 unspecified atom stereocenters. The van der Waals surface area contributed by atoms with Crippen LogP contribution >= 0.6 is 11.8 Å². The van der Waals surface area contributed by atoms with E-state index < -0.39 is 0 Å². The highest BCUT2D eigenvalue weighted by Crippen LogP contribution is 2.25. The van der Waals surface area contributed by atoms with Gasteiger partial charge in [0, 0.05) is 10.9 Å². The Bertz CT molecular complexity index is 337. The lowest BCUT2D eigenvalue weighted by atomic mass is 10.1. The molecule has 1 rings (SSSR count). The second-order valence-corrected chi connectivity index (χ2v) is 5.65. The van der Waals surface area contributed by atoms with Gasteiger partial charge < -0.3 is 5.73 Å². The molecule has 1 atom stereocenters. The zero-order valence-corrected chi connectivity index (χ0v) is 11.0. The molecule has 2 N–H and O–H groups in total. The van der Waals surface area contributed by atoms with E-state index >= 15 is 0 Å². The maximum atomic E-state index is 13.7. The Balaban J connectivity index is 2.61. The molecular weight excluding hydrogens is 221 g/mol. The predicted molar refractivity (Wildman–Crippen MR) is 69.2 cm³/mol. The fourth-order valence-electron chi connectivity index (χ4n) is 1.32. The normalized spacial score (nSPS) is 13.1. The second-order valence-electron chi connectivity index (χ2n) is 4.51. The molecular formula is C13H20FNS. The van der Waals surface area contributed by atoms with Crippen LogP contribution in [0.15, 0.2) is 23.1 Å². The van der Waals surface area contributed by atoms with Crippen LogP contribution in [0.3, 0.4) is 0 Å². The summed E-state index contributed by atoms with van der Waals surface area (Å²) >= 11 is 1.58. The molecule has 0 spiro atoms. The Morgan fingerprint density at radius 3 is 2.50 bits per heavy atom. The van der Waals surface area contributed by atoms with Crippen LogP contribution in [0, 0.1) is 11.7 Å². The van der Waals surface area contributed by atoms with Crippen molar-refractivity contribution in [2.45, 2.75) is 38.1 Å². The lowest BCUT2D eigenvalue weighted by molar-refractivity contribution is 0.595. The standard InChI is InChI=1S/C13H20FNS/c1-9(2)6-7-16-13-5-4-11(10(3)15)8-12(13)14/h4-5,8-10H,6-7,15H2,1-3H3. The van der Waals surface area contributed by atoms with E-state index in [1.807, 2.05) is 19.1 Å². The molecule has 90 valence electrons. The van der Waals surface area contributed by atoms with E-state index in [2.05, 4.69) is 13.8 Å². The maximum Gasteiger partial charge on any atom is 0.137 e.